The molecule has 6 nitrogen and oxygen atoms in total. The Balaban J connectivity index is 3.53. The molecule has 0 saturated carbocycles. The molecular formula is C20H38O6Si2. The predicted octanol–water partition coefficient (Wildman–Crippen LogP) is 3.38. The van der Waals surface area contributed by atoms with Gasteiger partial charge in [0, 0.05) is 50.9 Å². The molecule has 0 saturated heterocycles. The van der Waals surface area contributed by atoms with Crippen molar-refractivity contribution in [3.8, 4) is 0 Å². The van der Waals surface area contributed by atoms with Gasteiger partial charge in [0.2, 0.25) is 0 Å². The van der Waals surface area contributed by atoms with Gasteiger partial charge in [-0.1, -0.05) is 18.2 Å². The molecule has 1 aromatic carbocycles. The summed E-state index contributed by atoms with van der Waals surface area (Å²) in [4.78, 5) is 0. The molecule has 0 aliphatic heterocycles. The van der Waals surface area contributed by atoms with Crippen LogP contribution in [0.4, 0.5) is 0 Å². The Bertz CT molecular complexity index is 536. The second-order valence-corrected chi connectivity index (χ2v) is 11.2. The first-order valence-electron chi connectivity index (χ1n) is 10.4. The third-order valence-electron chi connectivity index (χ3n) is 4.23. The van der Waals surface area contributed by atoms with Gasteiger partial charge in [-0.05, 0) is 59.6 Å². The minimum atomic E-state index is -3.06. The summed E-state index contributed by atoms with van der Waals surface area (Å²) >= 11 is 0. The number of aryl methyl sites for hydroxylation is 1. The Morgan fingerprint density at radius 2 is 1.07 bits per heavy atom. The largest absolute Gasteiger partial charge is 0.537 e. The lowest BCUT2D eigenvalue weighted by Gasteiger charge is -2.33. The fourth-order valence-electron chi connectivity index (χ4n) is 3.31. The highest BCUT2D eigenvalue weighted by Crippen LogP contribution is 2.22. The van der Waals surface area contributed by atoms with Crippen molar-refractivity contribution in [1.29, 1.82) is 0 Å². The van der Waals surface area contributed by atoms with Gasteiger partial charge in [-0.2, -0.15) is 0 Å². The zero-order chi connectivity index (χ0) is 21.0. The Morgan fingerprint density at radius 1 is 0.643 bits per heavy atom. The first-order valence-corrected chi connectivity index (χ1v) is 14.1. The van der Waals surface area contributed by atoms with E-state index in [0.29, 0.717) is 45.7 Å². The summed E-state index contributed by atoms with van der Waals surface area (Å²) < 4.78 is 36.8. The molecule has 1 aromatic rings. The highest BCUT2D eigenvalue weighted by molar-refractivity contribution is 6.76. The molecule has 0 radical (unpaired) electrons. The van der Waals surface area contributed by atoms with Crippen LogP contribution in [0.1, 0.15) is 52.7 Å². The number of benzene rings is 1. The van der Waals surface area contributed by atoms with Gasteiger partial charge < -0.3 is 26.6 Å². The van der Waals surface area contributed by atoms with E-state index in [4.69, 9.17) is 26.6 Å². The van der Waals surface area contributed by atoms with Gasteiger partial charge in [0.15, 0.2) is 0 Å². The van der Waals surface area contributed by atoms with Crippen molar-refractivity contribution in [2.24, 2.45) is 0 Å². The molecule has 0 aliphatic rings. The van der Waals surface area contributed by atoms with Crippen LogP contribution >= 0.6 is 0 Å². The summed E-state index contributed by atoms with van der Waals surface area (Å²) in [6.45, 7) is 17.1. The summed E-state index contributed by atoms with van der Waals surface area (Å²) in [5.41, 5.74) is 2.22. The van der Waals surface area contributed by atoms with Gasteiger partial charge in [-0.15, -0.1) is 0 Å². The van der Waals surface area contributed by atoms with Crippen molar-refractivity contribution in [1.82, 2.24) is 0 Å². The van der Waals surface area contributed by atoms with Crippen molar-refractivity contribution < 1.29 is 26.6 Å². The summed E-state index contributed by atoms with van der Waals surface area (Å²) in [5.74, 6) is 0. The second-order valence-electron chi connectivity index (χ2n) is 6.12. The molecular weight excluding hydrogens is 392 g/mol. The minimum absolute atomic E-state index is 0.518. The van der Waals surface area contributed by atoms with E-state index in [0.717, 1.165) is 16.3 Å². The van der Waals surface area contributed by atoms with Gasteiger partial charge in [0.05, 0.1) is 0 Å². The Labute approximate surface area is 173 Å². The van der Waals surface area contributed by atoms with Crippen molar-refractivity contribution in [2.45, 2.75) is 54.5 Å². The van der Waals surface area contributed by atoms with Crippen molar-refractivity contribution in [3.05, 3.63) is 29.3 Å². The van der Waals surface area contributed by atoms with E-state index in [9.17, 15) is 0 Å². The summed E-state index contributed by atoms with van der Waals surface area (Å²) in [5, 5.41) is 0.981. The van der Waals surface area contributed by atoms with E-state index in [1.807, 2.05) is 47.6 Å². The van der Waals surface area contributed by atoms with Crippen molar-refractivity contribution in [2.75, 3.05) is 39.6 Å². The van der Waals surface area contributed by atoms with Crippen LogP contribution in [0.2, 0.25) is 0 Å². The Kier molecular flexibility index (Phi) is 11.7. The lowest BCUT2D eigenvalue weighted by Crippen LogP contribution is -2.59. The summed E-state index contributed by atoms with van der Waals surface area (Å²) in [7, 11) is -5.95. The Morgan fingerprint density at radius 3 is 1.46 bits per heavy atom. The quantitative estimate of drug-likeness (QED) is 0.398. The van der Waals surface area contributed by atoms with Gasteiger partial charge in [0.1, 0.15) is 0 Å². The van der Waals surface area contributed by atoms with E-state index < -0.39 is 17.6 Å². The maximum Gasteiger partial charge on any atom is 0.537 e. The average molecular weight is 431 g/mol. The predicted molar refractivity (Wildman–Crippen MR) is 116 cm³/mol. The molecule has 0 unspecified atom stereocenters. The summed E-state index contributed by atoms with van der Waals surface area (Å²) in [6.07, 6.45) is 0. The van der Waals surface area contributed by atoms with Gasteiger partial charge in [-0.3, -0.25) is 0 Å². The van der Waals surface area contributed by atoms with E-state index in [1.54, 1.807) is 0 Å². The molecule has 0 heterocycles. The topological polar surface area (TPSA) is 55.4 Å². The Hall–Kier alpha value is -0.586. The molecule has 0 spiro atoms. The number of rotatable bonds is 15. The van der Waals surface area contributed by atoms with Crippen LogP contribution in [0.3, 0.4) is 0 Å². The molecule has 8 heteroatoms. The third kappa shape index (κ3) is 6.46. The van der Waals surface area contributed by atoms with Gasteiger partial charge >= 0.3 is 17.6 Å². The zero-order valence-corrected chi connectivity index (χ0v) is 20.6. The van der Waals surface area contributed by atoms with Crippen molar-refractivity contribution >= 4 is 22.8 Å². The normalized spacial score (nSPS) is 12.5. The van der Waals surface area contributed by atoms with Crippen LogP contribution < -0.4 is 5.19 Å². The zero-order valence-electron chi connectivity index (χ0n) is 18.6. The van der Waals surface area contributed by atoms with E-state index in [1.165, 1.54) is 0 Å². The van der Waals surface area contributed by atoms with Crippen LogP contribution in [0.25, 0.3) is 0 Å². The molecule has 0 aromatic heterocycles. The van der Waals surface area contributed by atoms with Crippen LogP contribution in [0.15, 0.2) is 18.2 Å². The molecule has 0 aliphatic carbocycles. The number of hydrogen-bond acceptors (Lipinski definition) is 6. The molecule has 28 heavy (non-hydrogen) atoms. The fraction of sp³-hybridized carbons (Fsp3) is 0.700. The maximum absolute atomic E-state index is 6.17. The molecule has 1 rings (SSSR count). The lowest BCUT2D eigenvalue weighted by molar-refractivity contribution is 0.0702. The first kappa shape index (κ1) is 25.5. The number of hydrogen-bond donors (Lipinski definition) is 0. The summed E-state index contributed by atoms with van der Waals surface area (Å²) in [6, 6.07) is 6.73. The lowest BCUT2D eigenvalue weighted by atomic mass is 10.1. The molecule has 0 N–H and O–H groups in total. The van der Waals surface area contributed by atoms with Crippen LogP contribution in [0, 0.1) is 6.92 Å². The second kappa shape index (κ2) is 12.9. The SMILES string of the molecule is CCO[Si](Cc1c(C)cccc1[Si](OCC)(OCC)OCC)(OCC)OCC. The van der Waals surface area contributed by atoms with E-state index >= 15 is 0 Å². The average Bonchev–Trinajstić information content (AvgIpc) is 2.64. The fourth-order valence-corrected chi connectivity index (χ4v) is 9.07. The van der Waals surface area contributed by atoms with E-state index in [-0.39, 0.29) is 0 Å². The van der Waals surface area contributed by atoms with Gasteiger partial charge in [-0.25, -0.2) is 0 Å². The smallest absolute Gasteiger partial charge is 0.374 e. The van der Waals surface area contributed by atoms with Crippen molar-refractivity contribution in [3.63, 3.8) is 0 Å². The highest BCUT2D eigenvalue weighted by atomic mass is 28.4. The molecule has 0 bridgehead atoms. The van der Waals surface area contributed by atoms with E-state index in [2.05, 4.69) is 19.1 Å². The maximum atomic E-state index is 6.17. The molecule has 0 atom stereocenters. The molecule has 0 fully saturated rings. The molecule has 162 valence electrons. The third-order valence-corrected chi connectivity index (χ3v) is 10.3. The van der Waals surface area contributed by atoms with Crippen LogP contribution in [0.5, 0.6) is 0 Å². The standard InChI is InChI=1S/C20H38O6Si2/c1-8-21-27(22-9-2,23-10-3)17-19-18(7)15-14-16-20(19)28(24-11-4,25-12-5)26-13-6/h14-16H,8-13,17H2,1-7H3. The van der Waals surface area contributed by atoms with Gasteiger partial charge in [0.25, 0.3) is 0 Å². The highest BCUT2D eigenvalue weighted by Gasteiger charge is 2.48. The first-order chi connectivity index (χ1) is 13.5. The minimum Gasteiger partial charge on any atom is -0.374 e. The monoisotopic (exact) mass is 430 g/mol. The van der Waals surface area contributed by atoms with Crippen LogP contribution in [-0.4, -0.2) is 57.3 Å². The molecule has 0 amide bonds. The van der Waals surface area contributed by atoms with Crippen LogP contribution in [-0.2, 0) is 32.6 Å².